The summed E-state index contributed by atoms with van der Waals surface area (Å²) in [5.74, 6) is -3.39. The van der Waals surface area contributed by atoms with E-state index in [-0.39, 0.29) is 50.4 Å². The second kappa shape index (κ2) is 16.9. The van der Waals surface area contributed by atoms with Crippen LogP contribution in [-0.2, 0) is 39.3 Å². The molecule has 0 aromatic heterocycles. The van der Waals surface area contributed by atoms with E-state index >= 15 is 0 Å². The van der Waals surface area contributed by atoms with E-state index < -0.39 is 49.0 Å². The lowest BCUT2D eigenvalue weighted by Crippen LogP contribution is -2.53. The smallest absolute Gasteiger partial charge is 0.408 e. The van der Waals surface area contributed by atoms with Crippen molar-refractivity contribution in [1.82, 2.24) is 20.9 Å². The molecule has 4 atom stereocenters. The molecule has 258 valence electrons. The molecule has 2 heterocycles. The number of rotatable bonds is 15. The van der Waals surface area contributed by atoms with Crippen molar-refractivity contribution in [1.29, 1.82) is 0 Å². The standard InChI is InChI=1S/C31H48ClN4O9P/c1-6-44-46(42,45-7-2)29(40)26(17-23-18-31(35-27(23)38)11-13-36(14-12-31)21(5)37)33-28(39)25(15-20(3)4)34-30(41)43-19-22-9-8-10-24(32)16-22/h8-10,16,20,23,25-26,29,40H,6-7,11-15,17-19H2,1-5H3,(H,33,39)(H,34,41)(H,35,38)/t23?,25-,26?,29?/m0/s1. The molecule has 46 heavy (non-hydrogen) atoms. The van der Waals surface area contributed by atoms with E-state index in [2.05, 4.69) is 16.0 Å². The summed E-state index contributed by atoms with van der Waals surface area (Å²) in [4.78, 5) is 53.3. The highest BCUT2D eigenvalue weighted by Crippen LogP contribution is 2.54. The fraction of sp³-hybridized carbons (Fsp3) is 0.677. The van der Waals surface area contributed by atoms with E-state index in [0.717, 1.165) is 0 Å². The van der Waals surface area contributed by atoms with Gasteiger partial charge in [0, 0.05) is 36.5 Å². The maximum atomic E-state index is 13.7. The van der Waals surface area contributed by atoms with Crippen LogP contribution in [0.25, 0.3) is 0 Å². The topological polar surface area (TPSA) is 173 Å². The molecule has 15 heteroatoms. The molecule has 2 aliphatic heterocycles. The molecule has 0 aliphatic carbocycles. The summed E-state index contributed by atoms with van der Waals surface area (Å²) in [6.07, 6.45) is 0.892. The van der Waals surface area contributed by atoms with E-state index in [9.17, 15) is 28.8 Å². The first-order valence-corrected chi connectivity index (χ1v) is 17.8. The molecule has 4 N–H and O–H groups in total. The Morgan fingerprint density at radius 3 is 2.37 bits per heavy atom. The number of halogens is 1. The van der Waals surface area contributed by atoms with Gasteiger partial charge in [-0.25, -0.2) is 4.79 Å². The number of alkyl carbamates (subject to hydrolysis) is 1. The van der Waals surface area contributed by atoms with Gasteiger partial charge in [-0.15, -0.1) is 0 Å². The minimum Gasteiger partial charge on any atom is -0.445 e. The molecular formula is C31H48ClN4O9P. The number of likely N-dealkylation sites (tertiary alicyclic amines) is 1. The molecule has 1 spiro atoms. The molecule has 4 amide bonds. The molecule has 0 radical (unpaired) electrons. The van der Waals surface area contributed by atoms with Crippen molar-refractivity contribution >= 4 is 43.0 Å². The van der Waals surface area contributed by atoms with Crippen molar-refractivity contribution in [2.45, 2.75) is 96.8 Å². The number of ether oxygens (including phenoxy) is 1. The quantitative estimate of drug-likeness (QED) is 0.199. The minimum absolute atomic E-state index is 0.0216. The Labute approximate surface area is 275 Å². The predicted octanol–water partition coefficient (Wildman–Crippen LogP) is 3.96. The van der Waals surface area contributed by atoms with E-state index in [4.69, 9.17) is 25.4 Å². The van der Waals surface area contributed by atoms with Crippen LogP contribution in [0.1, 0.15) is 72.3 Å². The molecule has 0 saturated carbocycles. The normalized spacial score (nSPS) is 19.8. The van der Waals surface area contributed by atoms with Crippen LogP contribution in [0.5, 0.6) is 0 Å². The van der Waals surface area contributed by atoms with Gasteiger partial charge in [-0.05, 0) is 69.6 Å². The number of nitrogens with zero attached hydrogens (tertiary/aromatic N) is 1. The van der Waals surface area contributed by atoms with Crippen LogP contribution in [0.15, 0.2) is 24.3 Å². The lowest BCUT2D eigenvalue weighted by molar-refractivity contribution is -0.130. The Morgan fingerprint density at radius 1 is 1.15 bits per heavy atom. The number of amides is 4. The molecule has 1 aromatic carbocycles. The summed E-state index contributed by atoms with van der Waals surface area (Å²) >= 11 is 6.01. The number of carbonyl (C=O) groups is 4. The minimum atomic E-state index is -4.15. The lowest BCUT2D eigenvalue weighted by Gasteiger charge is -2.39. The Morgan fingerprint density at radius 2 is 1.80 bits per heavy atom. The fourth-order valence-corrected chi connectivity index (χ4v) is 7.98. The summed E-state index contributed by atoms with van der Waals surface area (Å²) in [5, 5.41) is 20.4. The molecule has 13 nitrogen and oxygen atoms in total. The van der Waals surface area contributed by atoms with Gasteiger partial charge in [0.15, 0.2) is 5.85 Å². The van der Waals surface area contributed by atoms with Gasteiger partial charge in [0.2, 0.25) is 17.7 Å². The number of hydrogen-bond donors (Lipinski definition) is 4. The molecule has 1 aromatic rings. The molecular weight excluding hydrogens is 639 g/mol. The van der Waals surface area contributed by atoms with Crippen LogP contribution in [0, 0.1) is 11.8 Å². The van der Waals surface area contributed by atoms with Gasteiger partial charge in [-0.1, -0.05) is 37.6 Å². The van der Waals surface area contributed by atoms with Gasteiger partial charge in [0.05, 0.1) is 19.3 Å². The van der Waals surface area contributed by atoms with E-state index in [1.54, 1.807) is 43.0 Å². The maximum absolute atomic E-state index is 13.7. The van der Waals surface area contributed by atoms with E-state index in [0.29, 0.717) is 42.9 Å². The predicted molar refractivity (Wildman–Crippen MR) is 172 cm³/mol. The summed E-state index contributed by atoms with van der Waals surface area (Å²) in [7, 11) is -4.15. The first kappa shape index (κ1) is 37.8. The van der Waals surface area contributed by atoms with Gasteiger partial charge in [0.25, 0.3) is 0 Å². The number of benzene rings is 1. The van der Waals surface area contributed by atoms with Gasteiger partial charge in [-0.2, -0.15) is 0 Å². The summed E-state index contributed by atoms with van der Waals surface area (Å²) in [5.41, 5.74) is 0.142. The average Bonchev–Trinajstić information content (AvgIpc) is 3.28. The van der Waals surface area contributed by atoms with Crippen molar-refractivity contribution in [3.63, 3.8) is 0 Å². The molecule has 2 aliphatic rings. The van der Waals surface area contributed by atoms with Crippen LogP contribution >= 0.6 is 19.2 Å². The van der Waals surface area contributed by atoms with Crippen LogP contribution in [0.4, 0.5) is 4.79 Å². The highest BCUT2D eigenvalue weighted by Gasteiger charge is 2.49. The third-order valence-corrected chi connectivity index (χ3v) is 10.8. The highest BCUT2D eigenvalue weighted by atomic mass is 35.5. The van der Waals surface area contributed by atoms with Crippen molar-refractivity contribution < 1.29 is 42.6 Å². The molecule has 2 saturated heterocycles. The average molecular weight is 687 g/mol. The number of hydrogen-bond acceptors (Lipinski definition) is 9. The van der Waals surface area contributed by atoms with Crippen molar-refractivity contribution in [3.05, 3.63) is 34.9 Å². The highest BCUT2D eigenvalue weighted by molar-refractivity contribution is 7.54. The molecule has 3 unspecified atom stereocenters. The first-order valence-electron chi connectivity index (χ1n) is 15.8. The van der Waals surface area contributed by atoms with Crippen molar-refractivity contribution in [2.24, 2.45) is 11.8 Å². The maximum Gasteiger partial charge on any atom is 0.408 e. The Kier molecular flexibility index (Phi) is 13.9. The number of carbonyl (C=O) groups excluding carboxylic acids is 4. The lowest BCUT2D eigenvalue weighted by atomic mass is 9.82. The van der Waals surface area contributed by atoms with Crippen molar-refractivity contribution in [2.75, 3.05) is 26.3 Å². The van der Waals surface area contributed by atoms with Gasteiger partial charge >= 0.3 is 13.7 Å². The summed E-state index contributed by atoms with van der Waals surface area (Å²) in [6.45, 7) is 9.37. The Bertz CT molecular complexity index is 1260. The van der Waals surface area contributed by atoms with Crippen LogP contribution in [-0.4, -0.2) is 83.6 Å². The zero-order valence-corrected chi connectivity index (χ0v) is 28.9. The Balaban J connectivity index is 1.79. The second-order valence-electron chi connectivity index (χ2n) is 12.3. The molecule has 2 fully saturated rings. The Hall–Kier alpha value is -2.70. The third kappa shape index (κ3) is 10.4. The number of piperidine rings is 1. The number of nitrogens with one attached hydrogen (secondary N) is 3. The van der Waals surface area contributed by atoms with Crippen LogP contribution < -0.4 is 16.0 Å². The van der Waals surface area contributed by atoms with Gasteiger partial charge in [0.1, 0.15) is 12.6 Å². The van der Waals surface area contributed by atoms with Crippen LogP contribution in [0.3, 0.4) is 0 Å². The van der Waals surface area contributed by atoms with Gasteiger partial charge < -0.3 is 39.7 Å². The van der Waals surface area contributed by atoms with E-state index in [1.165, 1.54) is 6.92 Å². The van der Waals surface area contributed by atoms with E-state index in [1.807, 2.05) is 13.8 Å². The zero-order valence-electron chi connectivity index (χ0n) is 27.3. The largest absolute Gasteiger partial charge is 0.445 e. The second-order valence-corrected chi connectivity index (χ2v) is 14.9. The number of aliphatic hydroxyl groups excluding tert-OH is 1. The zero-order chi connectivity index (χ0) is 34.1. The number of aliphatic hydroxyl groups is 1. The first-order chi connectivity index (χ1) is 21.7. The monoisotopic (exact) mass is 686 g/mol. The third-order valence-electron chi connectivity index (χ3n) is 8.30. The summed E-state index contributed by atoms with van der Waals surface area (Å²) < 4.78 is 29.8. The van der Waals surface area contributed by atoms with Crippen LogP contribution in [0.2, 0.25) is 5.02 Å². The van der Waals surface area contributed by atoms with Gasteiger partial charge in [-0.3, -0.25) is 18.9 Å². The SMILES string of the molecule is CCOP(=O)(OCC)C(O)C(CC1CC2(CCN(C(C)=O)CC2)NC1=O)NC(=O)[C@H](CC(C)C)NC(=O)OCc1cccc(Cl)c1. The molecule has 0 bridgehead atoms. The summed E-state index contributed by atoms with van der Waals surface area (Å²) in [6, 6.07) is 4.53. The van der Waals surface area contributed by atoms with Crippen molar-refractivity contribution in [3.8, 4) is 0 Å². The fourth-order valence-electron chi connectivity index (χ4n) is 6.03. The molecule has 3 rings (SSSR count).